The van der Waals surface area contributed by atoms with Crippen LogP contribution in [0.15, 0.2) is 28.8 Å². The van der Waals surface area contributed by atoms with Crippen molar-refractivity contribution in [1.29, 1.82) is 0 Å². The van der Waals surface area contributed by atoms with Crippen LogP contribution in [0.3, 0.4) is 0 Å². The zero-order valence-electron chi connectivity index (χ0n) is 11.8. The number of hydrogen-bond acceptors (Lipinski definition) is 5. The van der Waals surface area contributed by atoms with E-state index in [-0.39, 0.29) is 11.8 Å². The number of carbonyl (C=O) groups is 1. The number of anilines is 1. The summed E-state index contributed by atoms with van der Waals surface area (Å²) in [4.78, 5) is 16.2. The van der Waals surface area contributed by atoms with Gasteiger partial charge in [-0.15, -0.1) is 0 Å². The lowest BCUT2D eigenvalue weighted by Gasteiger charge is -2.16. The van der Waals surface area contributed by atoms with Gasteiger partial charge in [0, 0.05) is 0 Å². The quantitative estimate of drug-likeness (QED) is 0.888. The van der Waals surface area contributed by atoms with Gasteiger partial charge in [0.15, 0.2) is 5.82 Å². The molecule has 0 spiro atoms. The Kier molecular flexibility index (Phi) is 4.14. The summed E-state index contributed by atoms with van der Waals surface area (Å²) in [6.45, 7) is 5.54. The third kappa shape index (κ3) is 3.03. The molecule has 0 radical (unpaired) electrons. The van der Waals surface area contributed by atoms with E-state index < -0.39 is 6.04 Å². The van der Waals surface area contributed by atoms with Crippen LogP contribution in [-0.2, 0) is 4.79 Å². The van der Waals surface area contributed by atoms with E-state index in [2.05, 4.69) is 15.5 Å². The highest BCUT2D eigenvalue weighted by Gasteiger charge is 2.19. The maximum Gasteiger partial charge on any atom is 0.260 e. The van der Waals surface area contributed by atoms with Crippen molar-refractivity contribution < 1.29 is 9.32 Å². The van der Waals surface area contributed by atoms with Crippen molar-refractivity contribution in [2.24, 2.45) is 11.7 Å². The first-order valence-corrected chi connectivity index (χ1v) is 6.45. The lowest BCUT2D eigenvalue weighted by molar-refractivity contribution is -0.118. The molecule has 0 bridgehead atoms. The van der Waals surface area contributed by atoms with Gasteiger partial charge in [0.05, 0.1) is 17.3 Å². The minimum absolute atomic E-state index is 0.0628. The number of nitrogens with zero attached hydrogens (tertiary/aromatic N) is 2. The molecule has 20 heavy (non-hydrogen) atoms. The largest absolute Gasteiger partial charge is 0.334 e. The van der Waals surface area contributed by atoms with Crippen LogP contribution in [0.2, 0.25) is 0 Å². The van der Waals surface area contributed by atoms with Gasteiger partial charge >= 0.3 is 0 Å². The standard InChI is InChI=1S/C14H18N4O2/c1-8(2)12(15)13(19)17-11-7-5-4-6-10(11)14-16-9(3)18-20-14/h4-8,12H,15H2,1-3H3,(H,17,19). The number of amides is 1. The molecule has 1 amide bonds. The van der Waals surface area contributed by atoms with E-state index in [1.165, 1.54) is 0 Å². The van der Waals surface area contributed by atoms with E-state index in [0.717, 1.165) is 0 Å². The molecule has 0 saturated carbocycles. The molecule has 0 aliphatic heterocycles. The summed E-state index contributed by atoms with van der Waals surface area (Å²) in [5.74, 6) is 0.744. The number of aromatic nitrogens is 2. The molecule has 3 N–H and O–H groups in total. The molecule has 1 atom stereocenters. The van der Waals surface area contributed by atoms with E-state index in [9.17, 15) is 4.79 Å². The van der Waals surface area contributed by atoms with Crippen molar-refractivity contribution >= 4 is 11.6 Å². The fourth-order valence-electron chi connectivity index (χ4n) is 1.70. The number of aryl methyl sites for hydroxylation is 1. The summed E-state index contributed by atoms with van der Waals surface area (Å²) in [7, 11) is 0. The number of para-hydroxylation sites is 1. The zero-order valence-corrected chi connectivity index (χ0v) is 11.8. The first-order valence-electron chi connectivity index (χ1n) is 6.45. The van der Waals surface area contributed by atoms with Crippen molar-refractivity contribution in [3.63, 3.8) is 0 Å². The van der Waals surface area contributed by atoms with Gasteiger partial charge in [-0.05, 0) is 25.0 Å². The van der Waals surface area contributed by atoms with Gasteiger partial charge in [-0.1, -0.05) is 31.1 Å². The predicted octanol–water partition coefficient (Wildman–Crippen LogP) is 1.97. The van der Waals surface area contributed by atoms with Gasteiger partial charge in [0.2, 0.25) is 5.91 Å². The number of hydrogen-bond donors (Lipinski definition) is 2. The van der Waals surface area contributed by atoms with Crippen LogP contribution in [0.25, 0.3) is 11.5 Å². The normalized spacial score (nSPS) is 12.4. The molecule has 2 rings (SSSR count). The zero-order chi connectivity index (χ0) is 14.7. The topological polar surface area (TPSA) is 94.0 Å². The summed E-state index contributed by atoms with van der Waals surface area (Å²) >= 11 is 0. The van der Waals surface area contributed by atoms with Crippen LogP contribution >= 0.6 is 0 Å². The van der Waals surface area contributed by atoms with Gasteiger partial charge in [-0.3, -0.25) is 4.79 Å². The number of rotatable bonds is 4. The maximum atomic E-state index is 12.0. The SMILES string of the molecule is Cc1noc(-c2ccccc2NC(=O)C(N)C(C)C)n1. The highest BCUT2D eigenvalue weighted by atomic mass is 16.5. The summed E-state index contributed by atoms with van der Waals surface area (Å²) in [6.07, 6.45) is 0. The second-order valence-corrected chi connectivity index (χ2v) is 4.95. The highest BCUT2D eigenvalue weighted by molar-refractivity contribution is 5.97. The van der Waals surface area contributed by atoms with E-state index in [1.54, 1.807) is 13.0 Å². The Bertz CT molecular complexity index is 607. The minimum atomic E-state index is -0.563. The second-order valence-electron chi connectivity index (χ2n) is 4.95. The summed E-state index contributed by atoms with van der Waals surface area (Å²) in [5.41, 5.74) is 7.12. The monoisotopic (exact) mass is 274 g/mol. The highest BCUT2D eigenvalue weighted by Crippen LogP contribution is 2.26. The minimum Gasteiger partial charge on any atom is -0.334 e. The van der Waals surface area contributed by atoms with E-state index in [1.807, 2.05) is 32.0 Å². The van der Waals surface area contributed by atoms with Gasteiger partial charge in [-0.2, -0.15) is 4.98 Å². The third-order valence-electron chi connectivity index (χ3n) is 2.96. The average Bonchev–Trinajstić information content (AvgIpc) is 2.84. The maximum absolute atomic E-state index is 12.0. The third-order valence-corrected chi connectivity index (χ3v) is 2.96. The lowest BCUT2D eigenvalue weighted by atomic mass is 10.0. The van der Waals surface area contributed by atoms with Crippen LogP contribution in [0.5, 0.6) is 0 Å². The molecular weight excluding hydrogens is 256 g/mol. The van der Waals surface area contributed by atoms with Crippen LogP contribution in [0, 0.1) is 12.8 Å². The fourth-order valence-corrected chi connectivity index (χ4v) is 1.70. The molecular formula is C14H18N4O2. The first kappa shape index (κ1) is 14.2. The molecule has 106 valence electrons. The first-order chi connectivity index (χ1) is 9.49. The average molecular weight is 274 g/mol. The van der Waals surface area contributed by atoms with Gasteiger partial charge in [-0.25, -0.2) is 0 Å². The second kappa shape index (κ2) is 5.83. The van der Waals surface area contributed by atoms with Crippen molar-refractivity contribution in [3.05, 3.63) is 30.1 Å². The Hall–Kier alpha value is -2.21. The summed E-state index contributed by atoms with van der Waals surface area (Å²) in [5, 5.41) is 6.56. The molecule has 1 heterocycles. The summed E-state index contributed by atoms with van der Waals surface area (Å²) < 4.78 is 5.14. The van der Waals surface area contributed by atoms with Crippen LogP contribution in [-0.4, -0.2) is 22.1 Å². The molecule has 2 aromatic rings. The molecule has 1 aromatic heterocycles. The lowest BCUT2D eigenvalue weighted by Crippen LogP contribution is -2.39. The Balaban J connectivity index is 2.27. The molecule has 6 nitrogen and oxygen atoms in total. The molecule has 0 aliphatic carbocycles. The van der Waals surface area contributed by atoms with E-state index in [0.29, 0.717) is 23.0 Å². The number of carbonyl (C=O) groups excluding carboxylic acids is 1. The molecule has 6 heteroatoms. The number of nitrogens with two attached hydrogens (primary N) is 1. The molecule has 0 saturated heterocycles. The van der Waals surface area contributed by atoms with Crippen LogP contribution < -0.4 is 11.1 Å². The molecule has 0 aliphatic rings. The van der Waals surface area contributed by atoms with Crippen molar-refractivity contribution in [3.8, 4) is 11.5 Å². The van der Waals surface area contributed by atoms with Gasteiger partial charge < -0.3 is 15.6 Å². The van der Waals surface area contributed by atoms with Crippen LogP contribution in [0.4, 0.5) is 5.69 Å². The van der Waals surface area contributed by atoms with E-state index >= 15 is 0 Å². The molecule has 1 aromatic carbocycles. The Morgan fingerprint density at radius 2 is 2.05 bits per heavy atom. The molecule has 1 unspecified atom stereocenters. The Labute approximate surface area is 117 Å². The number of benzene rings is 1. The van der Waals surface area contributed by atoms with Crippen molar-refractivity contribution in [2.45, 2.75) is 26.8 Å². The van der Waals surface area contributed by atoms with Crippen molar-refractivity contribution in [2.75, 3.05) is 5.32 Å². The number of nitrogens with one attached hydrogen (secondary N) is 1. The van der Waals surface area contributed by atoms with E-state index in [4.69, 9.17) is 10.3 Å². The smallest absolute Gasteiger partial charge is 0.260 e. The summed E-state index contributed by atoms with van der Waals surface area (Å²) in [6, 6.07) is 6.69. The predicted molar refractivity (Wildman–Crippen MR) is 75.9 cm³/mol. The van der Waals surface area contributed by atoms with Crippen LogP contribution in [0.1, 0.15) is 19.7 Å². The fraction of sp³-hybridized carbons (Fsp3) is 0.357. The van der Waals surface area contributed by atoms with Gasteiger partial charge in [0.1, 0.15) is 0 Å². The Morgan fingerprint density at radius 3 is 2.65 bits per heavy atom. The molecule has 0 fully saturated rings. The van der Waals surface area contributed by atoms with Crippen molar-refractivity contribution in [1.82, 2.24) is 10.1 Å². The Morgan fingerprint density at radius 1 is 1.35 bits per heavy atom. The van der Waals surface area contributed by atoms with Gasteiger partial charge in [0.25, 0.3) is 5.89 Å².